The summed E-state index contributed by atoms with van der Waals surface area (Å²) in [6, 6.07) is 20.8. The van der Waals surface area contributed by atoms with Gasteiger partial charge in [0.15, 0.2) is 11.5 Å². The minimum Gasteiger partial charge on any atom is -0.490 e. The van der Waals surface area contributed by atoms with E-state index in [0.717, 1.165) is 16.7 Å². The van der Waals surface area contributed by atoms with Gasteiger partial charge in [0.1, 0.15) is 10.9 Å². The first-order chi connectivity index (χ1) is 16.4. The number of amides is 1. The van der Waals surface area contributed by atoms with E-state index in [-0.39, 0.29) is 5.91 Å². The number of nitrogens with zero attached hydrogens (tertiary/aromatic N) is 1. The summed E-state index contributed by atoms with van der Waals surface area (Å²) in [5.41, 5.74) is 2.75. The van der Waals surface area contributed by atoms with Crippen LogP contribution in [0.15, 0.2) is 71.6 Å². The molecule has 0 N–H and O–H groups in total. The van der Waals surface area contributed by atoms with Crippen molar-refractivity contribution in [3.05, 3.63) is 98.4 Å². The van der Waals surface area contributed by atoms with Crippen molar-refractivity contribution in [1.29, 1.82) is 0 Å². The number of benzene rings is 3. The highest BCUT2D eigenvalue weighted by atomic mass is 35.5. The van der Waals surface area contributed by atoms with Crippen LogP contribution >= 0.6 is 47.2 Å². The third kappa shape index (κ3) is 5.94. The summed E-state index contributed by atoms with van der Waals surface area (Å²) in [5.74, 6) is 1.09. The van der Waals surface area contributed by atoms with Gasteiger partial charge in [-0.05, 0) is 54.0 Å². The third-order valence-electron chi connectivity index (χ3n) is 5.00. The zero-order valence-electron chi connectivity index (χ0n) is 18.3. The molecule has 8 heteroatoms. The van der Waals surface area contributed by atoms with Crippen LogP contribution < -0.4 is 9.47 Å². The molecule has 3 aromatic carbocycles. The van der Waals surface area contributed by atoms with Crippen molar-refractivity contribution in [1.82, 2.24) is 4.90 Å². The average molecular weight is 530 g/mol. The van der Waals surface area contributed by atoms with Gasteiger partial charge in [-0.15, -0.1) is 0 Å². The molecule has 3 aromatic rings. The molecule has 4 rings (SSSR count). The highest BCUT2D eigenvalue weighted by Crippen LogP contribution is 2.36. The summed E-state index contributed by atoms with van der Waals surface area (Å²) in [6.45, 7) is 3.15. The summed E-state index contributed by atoms with van der Waals surface area (Å²) in [4.78, 5) is 15.2. The zero-order chi connectivity index (χ0) is 24.1. The molecule has 0 saturated carbocycles. The summed E-state index contributed by atoms with van der Waals surface area (Å²) >= 11 is 18.8. The minimum absolute atomic E-state index is 0.100. The Kier molecular flexibility index (Phi) is 8.16. The molecule has 1 fully saturated rings. The minimum atomic E-state index is -0.100. The van der Waals surface area contributed by atoms with E-state index in [1.54, 1.807) is 17.0 Å². The first-order valence-electron chi connectivity index (χ1n) is 10.6. The van der Waals surface area contributed by atoms with Gasteiger partial charge < -0.3 is 9.47 Å². The van der Waals surface area contributed by atoms with Crippen molar-refractivity contribution >= 4 is 63.5 Å². The lowest BCUT2D eigenvalue weighted by molar-refractivity contribution is -0.122. The van der Waals surface area contributed by atoms with E-state index >= 15 is 0 Å². The Morgan fingerprint density at radius 1 is 0.941 bits per heavy atom. The average Bonchev–Trinajstić information content (AvgIpc) is 3.09. The van der Waals surface area contributed by atoms with Gasteiger partial charge in [-0.25, -0.2) is 0 Å². The monoisotopic (exact) mass is 529 g/mol. The van der Waals surface area contributed by atoms with Crippen molar-refractivity contribution in [2.75, 3.05) is 6.61 Å². The fourth-order valence-electron chi connectivity index (χ4n) is 3.35. The van der Waals surface area contributed by atoms with Crippen LogP contribution in [0.3, 0.4) is 0 Å². The number of thioether (sulfide) groups is 1. The smallest absolute Gasteiger partial charge is 0.266 e. The molecule has 1 saturated heterocycles. The van der Waals surface area contributed by atoms with Crippen molar-refractivity contribution in [2.45, 2.75) is 20.1 Å². The van der Waals surface area contributed by atoms with Gasteiger partial charge in [0.2, 0.25) is 0 Å². The molecule has 0 bridgehead atoms. The number of rotatable bonds is 8. The highest BCUT2D eigenvalue weighted by Gasteiger charge is 2.32. The highest BCUT2D eigenvalue weighted by molar-refractivity contribution is 8.26. The van der Waals surface area contributed by atoms with Crippen LogP contribution in [0, 0.1) is 0 Å². The van der Waals surface area contributed by atoms with Gasteiger partial charge in [-0.3, -0.25) is 9.69 Å². The van der Waals surface area contributed by atoms with Crippen LogP contribution in [0.1, 0.15) is 23.6 Å². The molecule has 4 nitrogen and oxygen atoms in total. The topological polar surface area (TPSA) is 38.8 Å². The lowest BCUT2D eigenvalue weighted by Gasteiger charge is -2.14. The molecular weight excluding hydrogens is 509 g/mol. The molecule has 0 aliphatic carbocycles. The SMILES string of the molecule is CCOc1cc(/C=C2/SC(=S)N(Cc3ccccc3)C2=O)ccc1OCc1ccc(Cl)c(Cl)c1. The molecule has 34 heavy (non-hydrogen) atoms. The predicted octanol–water partition coefficient (Wildman–Crippen LogP) is 7.37. The maximum absolute atomic E-state index is 13.0. The molecule has 1 aliphatic rings. The van der Waals surface area contributed by atoms with Gasteiger partial charge in [-0.2, -0.15) is 0 Å². The molecule has 1 amide bonds. The molecule has 174 valence electrons. The second-order valence-corrected chi connectivity index (χ2v) is 9.92. The largest absolute Gasteiger partial charge is 0.490 e. The van der Waals surface area contributed by atoms with Crippen LogP contribution in [0.25, 0.3) is 6.08 Å². The number of thiocarbonyl (C=S) groups is 1. The van der Waals surface area contributed by atoms with Gasteiger partial charge in [-0.1, -0.05) is 89.6 Å². The molecule has 1 heterocycles. The second kappa shape index (κ2) is 11.3. The van der Waals surface area contributed by atoms with E-state index in [4.69, 9.17) is 44.9 Å². The number of hydrogen-bond acceptors (Lipinski definition) is 5. The summed E-state index contributed by atoms with van der Waals surface area (Å²) in [7, 11) is 0. The maximum Gasteiger partial charge on any atom is 0.266 e. The Hall–Kier alpha value is -2.51. The van der Waals surface area contributed by atoms with Gasteiger partial charge >= 0.3 is 0 Å². The van der Waals surface area contributed by atoms with E-state index in [1.165, 1.54) is 11.8 Å². The number of carbonyl (C=O) groups is 1. The number of carbonyl (C=O) groups excluding carboxylic acids is 1. The molecule has 0 atom stereocenters. The van der Waals surface area contributed by atoms with Crippen molar-refractivity contribution in [2.24, 2.45) is 0 Å². The zero-order valence-corrected chi connectivity index (χ0v) is 21.4. The maximum atomic E-state index is 13.0. The number of ether oxygens (including phenoxy) is 2. The van der Waals surface area contributed by atoms with Crippen molar-refractivity contribution in [3.63, 3.8) is 0 Å². The Balaban J connectivity index is 1.50. The number of halogens is 2. The normalized spacial score (nSPS) is 14.7. The van der Waals surface area contributed by atoms with Crippen LogP contribution in [0.2, 0.25) is 10.0 Å². The van der Waals surface area contributed by atoms with Gasteiger partial charge in [0.05, 0.1) is 28.1 Å². The lowest BCUT2D eigenvalue weighted by atomic mass is 10.1. The Bertz CT molecular complexity index is 1250. The Labute approximate surface area is 218 Å². The first-order valence-corrected chi connectivity index (χ1v) is 12.6. The summed E-state index contributed by atoms with van der Waals surface area (Å²) in [6.07, 6.45) is 1.83. The van der Waals surface area contributed by atoms with Crippen molar-refractivity contribution in [3.8, 4) is 11.5 Å². The van der Waals surface area contributed by atoms with Crippen molar-refractivity contribution < 1.29 is 14.3 Å². The molecular formula is C26H21Cl2NO3S2. The Morgan fingerprint density at radius 2 is 1.74 bits per heavy atom. The molecule has 1 aliphatic heterocycles. The molecule has 0 spiro atoms. The van der Waals surface area contributed by atoms with E-state index < -0.39 is 0 Å². The van der Waals surface area contributed by atoms with E-state index in [1.807, 2.05) is 67.6 Å². The van der Waals surface area contributed by atoms with Crippen LogP contribution in [-0.2, 0) is 17.9 Å². The van der Waals surface area contributed by atoms with E-state index in [9.17, 15) is 4.79 Å². The molecule has 0 aromatic heterocycles. The Morgan fingerprint density at radius 3 is 2.47 bits per heavy atom. The first kappa shape index (κ1) is 24.6. The van der Waals surface area contributed by atoms with Gasteiger partial charge in [0.25, 0.3) is 5.91 Å². The number of hydrogen-bond donors (Lipinski definition) is 0. The van der Waals surface area contributed by atoms with E-state index in [2.05, 4.69) is 0 Å². The van der Waals surface area contributed by atoms with Gasteiger partial charge in [0, 0.05) is 0 Å². The summed E-state index contributed by atoms with van der Waals surface area (Å²) in [5, 5.41) is 0.978. The quantitative estimate of drug-likeness (QED) is 0.225. The standard InChI is InChI=1S/C26H21Cl2NO3S2/c1-2-31-23-13-18(9-11-22(23)32-16-19-8-10-20(27)21(28)12-19)14-24-25(30)29(26(33)34-24)15-17-6-4-3-5-7-17/h3-14H,2,15-16H2,1H3/b24-14+. The van der Waals surface area contributed by atoms with Crippen LogP contribution in [0.5, 0.6) is 11.5 Å². The fraction of sp³-hybridized carbons (Fsp3) is 0.154. The lowest BCUT2D eigenvalue weighted by Crippen LogP contribution is -2.27. The molecule has 0 radical (unpaired) electrons. The fourth-order valence-corrected chi connectivity index (χ4v) is 4.92. The second-order valence-electron chi connectivity index (χ2n) is 7.43. The predicted molar refractivity (Wildman–Crippen MR) is 144 cm³/mol. The van der Waals surface area contributed by atoms with E-state index in [0.29, 0.717) is 50.5 Å². The molecule has 0 unspecified atom stereocenters. The van der Waals surface area contributed by atoms with Crippen LogP contribution in [-0.4, -0.2) is 21.7 Å². The third-order valence-corrected chi connectivity index (χ3v) is 7.12. The summed E-state index contributed by atoms with van der Waals surface area (Å²) < 4.78 is 12.3. The van der Waals surface area contributed by atoms with Crippen LogP contribution in [0.4, 0.5) is 0 Å².